The monoisotopic (exact) mass is 260 g/mol. The summed E-state index contributed by atoms with van der Waals surface area (Å²) >= 11 is 5.75. The molecule has 0 atom stereocenters. The molecule has 0 aliphatic heterocycles. The van der Waals surface area contributed by atoms with E-state index in [1.807, 2.05) is 36.4 Å². The van der Waals surface area contributed by atoms with Crippen LogP contribution in [-0.4, -0.2) is 0 Å². The second-order valence-electron chi connectivity index (χ2n) is 4.27. The first-order valence-electron chi connectivity index (χ1n) is 6.23. The molecule has 0 fully saturated rings. The van der Waals surface area contributed by atoms with Gasteiger partial charge in [-0.15, -0.1) is 11.6 Å². The van der Waals surface area contributed by atoms with Crippen molar-refractivity contribution in [3.8, 4) is 11.5 Å². The van der Waals surface area contributed by atoms with E-state index in [1.54, 1.807) is 0 Å². The Morgan fingerprint density at radius 1 is 0.833 bits per heavy atom. The van der Waals surface area contributed by atoms with Crippen molar-refractivity contribution in [1.82, 2.24) is 0 Å². The fraction of sp³-hybridized carbons (Fsp3) is 0.250. The van der Waals surface area contributed by atoms with Gasteiger partial charge in [0.15, 0.2) is 0 Å². The zero-order chi connectivity index (χ0) is 12.8. The largest absolute Gasteiger partial charge is 0.457 e. The quantitative estimate of drug-likeness (QED) is 0.674. The molecular weight excluding hydrogens is 244 g/mol. The van der Waals surface area contributed by atoms with Crippen molar-refractivity contribution >= 4 is 11.6 Å². The summed E-state index contributed by atoms with van der Waals surface area (Å²) in [5, 5.41) is 0. The smallest absolute Gasteiger partial charge is 0.127 e. The minimum Gasteiger partial charge on any atom is -0.457 e. The number of halogens is 1. The maximum Gasteiger partial charge on any atom is 0.127 e. The average molecular weight is 261 g/mol. The van der Waals surface area contributed by atoms with Gasteiger partial charge in [0, 0.05) is 5.88 Å². The lowest BCUT2D eigenvalue weighted by Gasteiger charge is -2.07. The second-order valence-corrected chi connectivity index (χ2v) is 4.54. The van der Waals surface area contributed by atoms with Gasteiger partial charge in [-0.1, -0.05) is 37.6 Å². The summed E-state index contributed by atoms with van der Waals surface area (Å²) in [6.45, 7) is 2.18. The normalized spacial score (nSPS) is 10.3. The molecular formula is C16H17ClO. The molecule has 0 aliphatic carbocycles. The molecule has 0 bridgehead atoms. The van der Waals surface area contributed by atoms with Crippen molar-refractivity contribution in [3.05, 3.63) is 59.7 Å². The Balaban J connectivity index is 2.03. The van der Waals surface area contributed by atoms with Gasteiger partial charge in [0.2, 0.25) is 0 Å². The molecule has 2 heteroatoms. The van der Waals surface area contributed by atoms with Crippen molar-refractivity contribution < 1.29 is 4.74 Å². The molecule has 2 aromatic rings. The van der Waals surface area contributed by atoms with E-state index in [-0.39, 0.29) is 0 Å². The highest BCUT2D eigenvalue weighted by molar-refractivity contribution is 6.17. The topological polar surface area (TPSA) is 9.23 Å². The highest BCUT2D eigenvalue weighted by atomic mass is 35.5. The van der Waals surface area contributed by atoms with Gasteiger partial charge in [-0.2, -0.15) is 0 Å². The van der Waals surface area contributed by atoms with Gasteiger partial charge in [-0.3, -0.25) is 0 Å². The Hall–Kier alpha value is -1.47. The van der Waals surface area contributed by atoms with E-state index < -0.39 is 0 Å². The van der Waals surface area contributed by atoms with Crippen LogP contribution in [0.25, 0.3) is 0 Å². The summed E-state index contributed by atoms with van der Waals surface area (Å²) in [6.07, 6.45) is 2.28. The number of rotatable bonds is 5. The van der Waals surface area contributed by atoms with E-state index in [2.05, 4.69) is 19.1 Å². The molecule has 0 radical (unpaired) electrons. The second kappa shape index (κ2) is 6.46. The van der Waals surface area contributed by atoms with Crippen LogP contribution >= 0.6 is 11.6 Å². The fourth-order valence-electron chi connectivity index (χ4n) is 1.80. The van der Waals surface area contributed by atoms with Crippen LogP contribution in [0.15, 0.2) is 48.5 Å². The van der Waals surface area contributed by atoms with Crippen molar-refractivity contribution in [2.24, 2.45) is 0 Å². The van der Waals surface area contributed by atoms with E-state index in [4.69, 9.17) is 16.3 Å². The van der Waals surface area contributed by atoms with Crippen molar-refractivity contribution in [2.75, 3.05) is 0 Å². The number of hydrogen-bond acceptors (Lipinski definition) is 1. The maximum absolute atomic E-state index is 5.77. The Kier molecular flexibility index (Phi) is 4.66. The minimum atomic E-state index is 0.534. The third kappa shape index (κ3) is 3.51. The van der Waals surface area contributed by atoms with Crippen LogP contribution in [0.4, 0.5) is 0 Å². The molecule has 0 saturated heterocycles. The van der Waals surface area contributed by atoms with Gasteiger partial charge >= 0.3 is 0 Å². The van der Waals surface area contributed by atoms with Crippen LogP contribution in [0, 0.1) is 0 Å². The van der Waals surface area contributed by atoms with E-state index in [0.29, 0.717) is 5.88 Å². The third-order valence-electron chi connectivity index (χ3n) is 2.78. The Morgan fingerprint density at radius 3 is 1.78 bits per heavy atom. The van der Waals surface area contributed by atoms with Gasteiger partial charge in [0.1, 0.15) is 11.5 Å². The summed E-state index contributed by atoms with van der Waals surface area (Å²) < 4.78 is 5.77. The molecule has 0 amide bonds. The SMILES string of the molecule is CCCc1ccc(Oc2ccc(CCl)cc2)cc1. The van der Waals surface area contributed by atoms with Crippen molar-refractivity contribution in [3.63, 3.8) is 0 Å². The van der Waals surface area contributed by atoms with Crippen molar-refractivity contribution in [1.29, 1.82) is 0 Å². The zero-order valence-corrected chi connectivity index (χ0v) is 11.3. The first-order valence-corrected chi connectivity index (χ1v) is 6.77. The maximum atomic E-state index is 5.77. The zero-order valence-electron chi connectivity index (χ0n) is 10.5. The van der Waals surface area contributed by atoms with Gasteiger partial charge in [0.05, 0.1) is 0 Å². The summed E-state index contributed by atoms with van der Waals surface area (Å²) in [5.74, 6) is 2.24. The van der Waals surface area contributed by atoms with Crippen LogP contribution in [0.3, 0.4) is 0 Å². The number of ether oxygens (including phenoxy) is 1. The Morgan fingerprint density at radius 2 is 1.33 bits per heavy atom. The first-order chi connectivity index (χ1) is 8.81. The molecule has 0 heterocycles. The van der Waals surface area contributed by atoms with Gasteiger partial charge in [-0.05, 0) is 41.8 Å². The van der Waals surface area contributed by atoms with Gasteiger partial charge in [0.25, 0.3) is 0 Å². The summed E-state index contributed by atoms with van der Waals surface area (Å²) in [4.78, 5) is 0. The minimum absolute atomic E-state index is 0.534. The molecule has 0 spiro atoms. The van der Waals surface area contributed by atoms with E-state index >= 15 is 0 Å². The Bertz CT molecular complexity index is 473. The van der Waals surface area contributed by atoms with Crippen molar-refractivity contribution in [2.45, 2.75) is 25.6 Å². The lowest BCUT2D eigenvalue weighted by atomic mass is 10.1. The average Bonchev–Trinajstić information content (AvgIpc) is 2.42. The standard InChI is InChI=1S/C16H17ClO/c1-2-3-13-4-8-15(9-5-13)18-16-10-6-14(12-17)7-11-16/h4-11H,2-3,12H2,1H3. The van der Waals surface area contributed by atoms with Crippen LogP contribution in [0.2, 0.25) is 0 Å². The third-order valence-corrected chi connectivity index (χ3v) is 3.08. The molecule has 0 N–H and O–H groups in total. The van der Waals surface area contributed by atoms with Crippen LogP contribution in [0.5, 0.6) is 11.5 Å². The molecule has 94 valence electrons. The summed E-state index contributed by atoms with van der Waals surface area (Å²) in [7, 11) is 0. The molecule has 18 heavy (non-hydrogen) atoms. The number of aryl methyl sites for hydroxylation is 1. The molecule has 0 aromatic heterocycles. The summed E-state index contributed by atoms with van der Waals surface area (Å²) in [6, 6.07) is 16.1. The molecule has 2 rings (SSSR count). The predicted octanol–water partition coefficient (Wildman–Crippen LogP) is 5.17. The first kappa shape index (κ1) is 13.0. The molecule has 0 aliphatic rings. The molecule has 0 unspecified atom stereocenters. The highest BCUT2D eigenvalue weighted by Crippen LogP contribution is 2.22. The van der Waals surface area contributed by atoms with E-state index in [0.717, 1.165) is 23.5 Å². The molecule has 2 aromatic carbocycles. The number of hydrogen-bond donors (Lipinski definition) is 0. The lowest BCUT2D eigenvalue weighted by Crippen LogP contribution is -1.87. The van der Waals surface area contributed by atoms with E-state index in [1.165, 1.54) is 12.0 Å². The van der Waals surface area contributed by atoms with Gasteiger partial charge in [-0.25, -0.2) is 0 Å². The van der Waals surface area contributed by atoms with E-state index in [9.17, 15) is 0 Å². The predicted molar refractivity (Wildman–Crippen MR) is 76.5 cm³/mol. The Labute approximate surface area is 113 Å². The fourth-order valence-corrected chi connectivity index (χ4v) is 1.97. The molecule has 1 nitrogen and oxygen atoms in total. The lowest BCUT2D eigenvalue weighted by molar-refractivity contribution is 0.482. The van der Waals surface area contributed by atoms with Crippen LogP contribution in [0.1, 0.15) is 24.5 Å². The number of alkyl halides is 1. The van der Waals surface area contributed by atoms with Gasteiger partial charge < -0.3 is 4.74 Å². The molecule has 0 saturated carbocycles. The summed E-state index contributed by atoms with van der Waals surface area (Å²) in [5.41, 5.74) is 2.45. The number of benzene rings is 2. The van der Waals surface area contributed by atoms with Crippen LogP contribution < -0.4 is 4.74 Å². The highest BCUT2D eigenvalue weighted by Gasteiger charge is 1.98. The van der Waals surface area contributed by atoms with Crippen LogP contribution in [-0.2, 0) is 12.3 Å².